The molecule has 0 heterocycles. The van der Waals surface area contributed by atoms with Crippen LogP contribution in [0.4, 0.5) is 0 Å². The molecular weight excluding hydrogens is 184 g/mol. The van der Waals surface area contributed by atoms with Gasteiger partial charge in [-0.05, 0) is 54.9 Å². The molecule has 3 aliphatic carbocycles. The highest BCUT2D eigenvalue weighted by atomic mass is 16.1. The average Bonchev–Trinajstić information content (AvgIpc) is 2.26. The van der Waals surface area contributed by atoms with Crippen LogP contribution < -0.4 is 0 Å². The summed E-state index contributed by atoms with van der Waals surface area (Å²) in [7, 11) is 0. The number of rotatable bonds is 0. The standard InChI is InChI=1S/C14H20O/c1-8-9(2)14-12(8)5-3-10-7-11(15)4-6-13(10)14/h7-9,12-14H,3-6H2,1-2H3. The molecule has 15 heavy (non-hydrogen) atoms. The number of allylic oxidation sites excluding steroid dienone is 2. The van der Waals surface area contributed by atoms with Crippen molar-refractivity contribution in [2.24, 2.45) is 29.6 Å². The van der Waals surface area contributed by atoms with Gasteiger partial charge in [0, 0.05) is 6.42 Å². The minimum Gasteiger partial charge on any atom is -0.295 e. The molecule has 3 aliphatic rings. The maximum Gasteiger partial charge on any atom is 0.155 e. The lowest BCUT2D eigenvalue weighted by Gasteiger charge is -2.57. The van der Waals surface area contributed by atoms with E-state index in [0.29, 0.717) is 5.78 Å². The van der Waals surface area contributed by atoms with Crippen molar-refractivity contribution >= 4 is 5.78 Å². The van der Waals surface area contributed by atoms with Gasteiger partial charge in [0.05, 0.1) is 0 Å². The second-order valence-corrected chi connectivity index (χ2v) is 5.83. The topological polar surface area (TPSA) is 17.1 Å². The fourth-order valence-electron chi connectivity index (χ4n) is 4.36. The summed E-state index contributed by atoms with van der Waals surface area (Å²) in [6, 6.07) is 0. The smallest absolute Gasteiger partial charge is 0.155 e. The first-order valence-electron chi connectivity index (χ1n) is 6.42. The first kappa shape index (κ1) is 9.62. The average molecular weight is 204 g/mol. The summed E-state index contributed by atoms with van der Waals surface area (Å²) in [6.45, 7) is 4.82. The zero-order chi connectivity index (χ0) is 10.6. The van der Waals surface area contributed by atoms with Gasteiger partial charge in [-0.15, -0.1) is 0 Å². The van der Waals surface area contributed by atoms with Crippen molar-refractivity contribution in [2.45, 2.75) is 39.5 Å². The molecule has 2 saturated carbocycles. The van der Waals surface area contributed by atoms with Gasteiger partial charge < -0.3 is 0 Å². The molecule has 1 nitrogen and oxygen atoms in total. The Morgan fingerprint density at radius 3 is 2.73 bits per heavy atom. The van der Waals surface area contributed by atoms with Crippen molar-refractivity contribution in [2.75, 3.05) is 0 Å². The van der Waals surface area contributed by atoms with Crippen molar-refractivity contribution in [3.05, 3.63) is 11.6 Å². The SMILES string of the molecule is CC1C(C)C2C3CCC(=O)C=C3CCC12. The van der Waals surface area contributed by atoms with Gasteiger partial charge in [-0.2, -0.15) is 0 Å². The third-order valence-electron chi connectivity index (χ3n) is 5.36. The highest BCUT2D eigenvalue weighted by Gasteiger charge is 2.51. The van der Waals surface area contributed by atoms with Gasteiger partial charge in [-0.25, -0.2) is 0 Å². The molecule has 0 N–H and O–H groups in total. The van der Waals surface area contributed by atoms with E-state index in [0.717, 1.165) is 42.4 Å². The van der Waals surface area contributed by atoms with Crippen molar-refractivity contribution in [1.82, 2.24) is 0 Å². The first-order chi connectivity index (χ1) is 7.18. The van der Waals surface area contributed by atoms with Crippen LogP contribution in [0.25, 0.3) is 0 Å². The molecule has 0 spiro atoms. The molecule has 0 amide bonds. The second-order valence-electron chi connectivity index (χ2n) is 5.83. The Morgan fingerprint density at radius 2 is 1.93 bits per heavy atom. The Bertz CT molecular complexity index is 328. The zero-order valence-electron chi connectivity index (χ0n) is 9.70. The highest BCUT2D eigenvalue weighted by Crippen LogP contribution is 2.58. The Labute approximate surface area is 91.9 Å². The summed E-state index contributed by atoms with van der Waals surface area (Å²) < 4.78 is 0. The number of hydrogen-bond acceptors (Lipinski definition) is 1. The lowest BCUT2D eigenvalue weighted by Crippen LogP contribution is -2.51. The first-order valence-corrected chi connectivity index (χ1v) is 6.42. The monoisotopic (exact) mass is 204 g/mol. The maximum absolute atomic E-state index is 11.4. The van der Waals surface area contributed by atoms with Gasteiger partial charge in [0.15, 0.2) is 5.78 Å². The second kappa shape index (κ2) is 3.20. The van der Waals surface area contributed by atoms with Gasteiger partial charge in [0.1, 0.15) is 0 Å². The number of ketones is 1. The molecule has 0 bridgehead atoms. The van der Waals surface area contributed by atoms with Crippen molar-refractivity contribution in [1.29, 1.82) is 0 Å². The number of carbonyl (C=O) groups is 1. The molecule has 3 rings (SSSR count). The van der Waals surface area contributed by atoms with Crippen LogP contribution >= 0.6 is 0 Å². The third-order valence-corrected chi connectivity index (χ3v) is 5.36. The largest absolute Gasteiger partial charge is 0.295 e. The Hall–Kier alpha value is -0.590. The molecule has 0 aromatic rings. The third kappa shape index (κ3) is 1.25. The fourth-order valence-corrected chi connectivity index (χ4v) is 4.36. The molecule has 0 radical (unpaired) electrons. The number of hydrogen-bond donors (Lipinski definition) is 0. The van der Waals surface area contributed by atoms with Gasteiger partial charge in [0.2, 0.25) is 0 Å². The molecule has 5 atom stereocenters. The predicted molar refractivity (Wildman–Crippen MR) is 60.4 cm³/mol. The van der Waals surface area contributed by atoms with Crippen LogP contribution in [0.15, 0.2) is 11.6 Å². The van der Waals surface area contributed by atoms with Crippen molar-refractivity contribution < 1.29 is 4.79 Å². The lowest BCUT2D eigenvalue weighted by molar-refractivity contribution is -0.117. The summed E-state index contributed by atoms with van der Waals surface area (Å²) in [5.74, 6) is 4.84. The van der Waals surface area contributed by atoms with E-state index >= 15 is 0 Å². The maximum atomic E-state index is 11.4. The van der Waals surface area contributed by atoms with E-state index in [9.17, 15) is 4.79 Å². The van der Waals surface area contributed by atoms with E-state index in [1.807, 2.05) is 6.08 Å². The number of fused-ring (bicyclic) bond motifs is 3. The van der Waals surface area contributed by atoms with Crippen LogP contribution in [0.1, 0.15) is 39.5 Å². The summed E-state index contributed by atoms with van der Waals surface area (Å²) in [5, 5.41) is 0. The van der Waals surface area contributed by atoms with Crippen LogP contribution in [0.2, 0.25) is 0 Å². The van der Waals surface area contributed by atoms with E-state index in [-0.39, 0.29) is 0 Å². The molecule has 82 valence electrons. The van der Waals surface area contributed by atoms with E-state index in [4.69, 9.17) is 0 Å². The normalized spacial score (nSPS) is 48.8. The molecule has 5 unspecified atom stereocenters. The minimum atomic E-state index is 0.375. The molecule has 2 fully saturated rings. The van der Waals surface area contributed by atoms with E-state index in [2.05, 4.69) is 13.8 Å². The highest BCUT2D eigenvalue weighted by molar-refractivity contribution is 5.91. The van der Waals surface area contributed by atoms with Crippen molar-refractivity contribution in [3.8, 4) is 0 Å². The van der Waals surface area contributed by atoms with Gasteiger partial charge >= 0.3 is 0 Å². The Kier molecular flexibility index (Phi) is 2.05. The number of carbonyl (C=O) groups excluding carboxylic acids is 1. The van der Waals surface area contributed by atoms with Crippen LogP contribution in [-0.4, -0.2) is 5.78 Å². The summed E-state index contributed by atoms with van der Waals surface area (Å²) in [6.07, 6.45) is 6.46. The van der Waals surface area contributed by atoms with E-state index in [1.165, 1.54) is 18.4 Å². The molecule has 1 heteroatoms. The van der Waals surface area contributed by atoms with Crippen LogP contribution in [-0.2, 0) is 4.79 Å². The van der Waals surface area contributed by atoms with E-state index in [1.54, 1.807) is 0 Å². The van der Waals surface area contributed by atoms with Gasteiger partial charge in [-0.3, -0.25) is 4.79 Å². The quantitative estimate of drug-likeness (QED) is 0.592. The van der Waals surface area contributed by atoms with Crippen LogP contribution in [0.5, 0.6) is 0 Å². The molecule has 0 aromatic carbocycles. The minimum absolute atomic E-state index is 0.375. The lowest BCUT2D eigenvalue weighted by atomic mass is 9.48. The summed E-state index contributed by atoms with van der Waals surface area (Å²) in [5.41, 5.74) is 1.49. The van der Waals surface area contributed by atoms with Gasteiger partial charge in [0.25, 0.3) is 0 Å². The van der Waals surface area contributed by atoms with Crippen LogP contribution in [0, 0.1) is 29.6 Å². The Morgan fingerprint density at radius 1 is 1.13 bits per heavy atom. The molecule has 0 aromatic heterocycles. The zero-order valence-corrected chi connectivity index (χ0v) is 9.70. The molecule has 0 aliphatic heterocycles. The Balaban J connectivity index is 1.87. The van der Waals surface area contributed by atoms with Crippen LogP contribution in [0.3, 0.4) is 0 Å². The molecule has 0 saturated heterocycles. The summed E-state index contributed by atoms with van der Waals surface area (Å²) >= 11 is 0. The van der Waals surface area contributed by atoms with Crippen molar-refractivity contribution in [3.63, 3.8) is 0 Å². The molecular formula is C14H20O. The summed E-state index contributed by atoms with van der Waals surface area (Å²) in [4.78, 5) is 11.4. The fraction of sp³-hybridized carbons (Fsp3) is 0.786. The predicted octanol–water partition coefficient (Wildman–Crippen LogP) is 3.20. The van der Waals surface area contributed by atoms with Gasteiger partial charge in [-0.1, -0.05) is 19.4 Å². The van der Waals surface area contributed by atoms with E-state index < -0.39 is 0 Å².